The van der Waals surface area contributed by atoms with E-state index in [-0.39, 0.29) is 6.61 Å². The molecule has 90 valence electrons. The molecule has 4 nitrogen and oxygen atoms in total. The van der Waals surface area contributed by atoms with Crippen LogP contribution in [-0.2, 0) is 9.47 Å². The number of hydrogen-bond donors (Lipinski definition) is 1. The van der Waals surface area contributed by atoms with Gasteiger partial charge in [-0.1, -0.05) is 20.8 Å². The Balaban J connectivity index is 3.90. The fraction of sp³-hybridized carbons (Fsp3) is 0.909. The van der Waals surface area contributed by atoms with Crippen molar-refractivity contribution in [3.63, 3.8) is 0 Å². The van der Waals surface area contributed by atoms with Crippen molar-refractivity contribution in [2.45, 2.75) is 46.1 Å². The molecule has 0 aromatic rings. The van der Waals surface area contributed by atoms with Crippen molar-refractivity contribution >= 4 is 6.09 Å². The van der Waals surface area contributed by atoms with Gasteiger partial charge < -0.3 is 15.2 Å². The lowest BCUT2D eigenvalue weighted by atomic mass is 10.0. The van der Waals surface area contributed by atoms with Gasteiger partial charge in [-0.25, -0.2) is 4.79 Å². The summed E-state index contributed by atoms with van der Waals surface area (Å²) in [6.45, 7) is 9.12. The number of ether oxygens (including phenoxy) is 2. The van der Waals surface area contributed by atoms with Gasteiger partial charge in [0.1, 0.15) is 6.61 Å². The second kappa shape index (κ2) is 6.67. The SMILES string of the molecule is CCC(C)(COC(N)=O)OCCC(C)C. The van der Waals surface area contributed by atoms with Gasteiger partial charge in [0, 0.05) is 6.61 Å². The molecular formula is C11H23NO3. The van der Waals surface area contributed by atoms with Crippen molar-refractivity contribution in [2.24, 2.45) is 11.7 Å². The Labute approximate surface area is 92.1 Å². The van der Waals surface area contributed by atoms with E-state index in [0.29, 0.717) is 12.5 Å². The Morgan fingerprint density at radius 3 is 2.47 bits per heavy atom. The minimum atomic E-state index is -0.748. The van der Waals surface area contributed by atoms with Crippen LogP contribution in [0.25, 0.3) is 0 Å². The highest BCUT2D eigenvalue weighted by Gasteiger charge is 2.24. The molecule has 0 fully saturated rings. The maximum Gasteiger partial charge on any atom is 0.404 e. The van der Waals surface area contributed by atoms with Crippen molar-refractivity contribution < 1.29 is 14.3 Å². The number of amides is 1. The number of hydrogen-bond acceptors (Lipinski definition) is 3. The van der Waals surface area contributed by atoms with Crippen LogP contribution in [0, 0.1) is 5.92 Å². The molecule has 0 spiro atoms. The van der Waals surface area contributed by atoms with Gasteiger partial charge in [-0.3, -0.25) is 0 Å². The molecule has 1 unspecified atom stereocenters. The molecule has 0 saturated heterocycles. The molecule has 0 rings (SSSR count). The van der Waals surface area contributed by atoms with Gasteiger partial charge >= 0.3 is 6.09 Å². The molecule has 2 N–H and O–H groups in total. The highest BCUT2D eigenvalue weighted by atomic mass is 16.6. The predicted octanol–water partition coefficient (Wildman–Crippen LogP) is 2.31. The minimum absolute atomic E-state index is 0.219. The largest absolute Gasteiger partial charge is 0.447 e. The Hall–Kier alpha value is -0.770. The zero-order chi connectivity index (χ0) is 11.9. The summed E-state index contributed by atoms with van der Waals surface area (Å²) in [5, 5.41) is 0. The minimum Gasteiger partial charge on any atom is -0.447 e. The van der Waals surface area contributed by atoms with Crippen LogP contribution >= 0.6 is 0 Å². The van der Waals surface area contributed by atoms with E-state index < -0.39 is 11.7 Å². The molecule has 1 amide bonds. The van der Waals surface area contributed by atoms with Gasteiger partial charge in [-0.15, -0.1) is 0 Å². The molecule has 0 radical (unpaired) electrons. The van der Waals surface area contributed by atoms with Gasteiger partial charge in [0.05, 0.1) is 5.60 Å². The van der Waals surface area contributed by atoms with E-state index in [9.17, 15) is 4.79 Å². The van der Waals surface area contributed by atoms with Gasteiger partial charge in [-0.2, -0.15) is 0 Å². The van der Waals surface area contributed by atoms with Crippen LogP contribution in [0.3, 0.4) is 0 Å². The maximum absolute atomic E-state index is 10.5. The number of rotatable bonds is 7. The number of carbonyl (C=O) groups is 1. The zero-order valence-corrected chi connectivity index (χ0v) is 10.2. The smallest absolute Gasteiger partial charge is 0.404 e. The summed E-state index contributed by atoms with van der Waals surface area (Å²) >= 11 is 0. The topological polar surface area (TPSA) is 61.5 Å². The van der Waals surface area contributed by atoms with Crippen LogP contribution in [0.15, 0.2) is 0 Å². The fourth-order valence-corrected chi connectivity index (χ4v) is 1.01. The number of carbonyl (C=O) groups excluding carboxylic acids is 1. The van der Waals surface area contributed by atoms with Crippen molar-refractivity contribution in [1.29, 1.82) is 0 Å². The van der Waals surface area contributed by atoms with Gasteiger partial charge in [-0.05, 0) is 25.7 Å². The van der Waals surface area contributed by atoms with Crippen LogP contribution in [0.2, 0.25) is 0 Å². The first-order chi connectivity index (χ1) is 6.89. The summed E-state index contributed by atoms with van der Waals surface area (Å²) in [6.07, 6.45) is 1.05. The third-order valence-corrected chi connectivity index (χ3v) is 2.41. The summed E-state index contributed by atoms with van der Waals surface area (Å²) in [4.78, 5) is 10.5. The molecule has 0 aromatic carbocycles. The maximum atomic E-state index is 10.5. The fourth-order valence-electron chi connectivity index (χ4n) is 1.01. The molecule has 0 aliphatic rings. The summed E-state index contributed by atoms with van der Waals surface area (Å²) in [6, 6.07) is 0. The average Bonchev–Trinajstić information content (AvgIpc) is 2.14. The van der Waals surface area contributed by atoms with Crippen LogP contribution in [0.5, 0.6) is 0 Å². The van der Waals surface area contributed by atoms with Crippen molar-refractivity contribution in [1.82, 2.24) is 0 Å². The normalized spacial score (nSPS) is 15.0. The Morgan fingerprint density at radius 2 is 2.07 bits per heavy atom. The molecule has 0 saturated carbocycles. The van der Waals surface area contributed by atoms with Crippen LogP contribution < -0.4 is 5.73 Å². The molecule has 0 aliphatic carbocycles. The van der Waals surface area contributed by atoms with Crippen LogP contribution in [-0.4, -0.2) is 24.9 Å². The quantitative estimate of drug-likeness (QED) is 0.711. The van der Waals surface area contributed by atoms with E-state index in [0.717, 1.165) is 12.8 Å². The standard InChI is InChI=1S/C11H23NO3/c1-5-11(4,8-14-10(12)13)15-7-6-9(2)3/h9H,5-8H2,1-4H3,(H2,12,13). The third-order valence-electron chi connectivity index (χ3n) is 2.41. The lowest BCUT2D eigenvalue weighted by Crippen LogP contribution is -2.36. The lowest BCUT2D eigenvalue weighted by molar-refractivity contribution is -0.0737. The first-order valence-electron chi connectivity index (χ1n) is 5.46. The molecule has 15 heavy (non-hydrogen) atoms. The van der Waals surface area contributed by atoms with E-state index in [4.69, 9.17) is 15.2 Å². The van der Waals surface area contributed by atoms with Crippen LogP contribution in [0.4, 0.5) is 4.79 Å². The predicted molar refractivity (Wildman–Crippen MR) is 59.6 cm³/mol. The molecule has 0 heterocycles. The van der Waals surface area contributed by atoms with E-state index >= 15 is 0 Å². The highest BCUT2D eigenvalue weighted by molar-refractivity contribution is 5.64. The van der Waals surface area contributed by atoms with E-state index in [1.165, 1.54) is 0 Å². The lowest BCUT2D eigenvalue weighted by Gasteiger charge is -2.28. The van der Waals surface area contributed by atoms with Crippen LogP contribution in [0.1, 0.15) is 40.5 Å². The number of nitrogens with two attached hydrogens (primary N) is 1. The monoisotopic (exact) mass is 217 g/mol. The Morgan fingerprint density at radius 1 is 1.47 bits per heavy atom. The molecule has 1 atom stereocenters. The van der Waals surface area contributed by atoms with E-state index in [1.807, 2.05) is 13.8 Å². The average molecular weight is 217 g/mol. The van der Waals surface area contributed by atoms with Gasteiger partial charge in [0.2, 0.25) is 0 Å². The Bertz CT molecular complexity index is 194. The summed E-state index contributed by atoms with van der Waals surface area (Å²) in [7, 11) is 0. The first-order valence-corrected chi connectivity index (χ1v) is 5.46. The zero-order valence-electron chi connectivity index (χ0n) is 10.2. The number of primary amides is 1. The molecule has 4 heteroatoms. The van der Waals surface area contributed by atoms with Crippen molar-refractivity contribution in [2.75, 3.05) is 13.2 Å². The van der Waals surface area contributed by atoms with E-state index in [1.54, 1.807) is 0 Å². The molecule has 0 aromatic heterocycles. The summed E-state index contributed by atoms with van der Waals surface area (Å²) in [5.74, 6) is 0.614. The van der Waals surface area contributed by atoms with Gasteiger partial charge in [0.15, 0.2) is 0 Å². The summed E-state index contributed by atoms with van der Waals surface area (Å²) < 4.78 is 10.5. The van der Waals surface area contributed by atoms with Gasteiger partial charge in [0.25, 0.3) is 0 Å². The highest BCUT2D eigenvalue weighted by Crippen LogP contribution is 2.17. The van der Waals surface area contributed by atoms with E-state index in [2.05, 4.69) is 13.8 Å². The van der Waals surface area contributed by atoms with Crippen molar-refractivity contribution in [3.05, 3.63) is 0 Å². The summed E-state index contributed by atoms with van der Waals surface area (Å²) in [5.41, 5.74) is 4.50. The third kappa shape index (κ3) is 7.19. The molecule has 0 aliphatic heterocycles. The molecular weight excluding hydrogens is 194 g/mol. The molecule has 0 bridgehead atoms. The first kappa shape index (κ1) is 14.2. The second-order valence-electron chi connectivity index (χ2n) is 4.44. The second-order valence-corrected chi connectivity index (χ2v) is 4.44. The van der Waals surface area contributed by atoms with Crippen molar-refractivity contribution in [3.8, 4) is 0 Å². The Kier molecular flexibility index (Phi) is 6.32.